The summed E-state index contributed by atoms with van der Waals surface area (Å²) in [5, 5.41) is 3.59. The third kappa shape index (κ3) is 2.92. The molecule has 1 amide bonds. The van der Waals surface area contributed by atoms with E-state index < -0.39 is 0 Å². The smallest absolute Gasteiger partial charge is 0.274 e. The Balaban J connectivity index is 2.07. The van der Waals surface area contributed by atoms with E-state index in [1.165, 1.54) is 0 Å². The quantitative estimate of drug-likeness (QED) is 0.741. The number of hydrogen-bond acceptors (Lipinski definition) is 2. The Morgan fingerprint density at radius 3 is 2.61 bits per heavy atom. The number of aryl methyl sites for hydroxylation is 2. The Morgan fingerprint density at radius 1 is 1.26 bits per heavy atom. The summed E-state index contributed by atoms with van der Waals surface area (Å²) < 4.78 is 1.78. The van der Waals surface area contributed by atoms with Crippen LogP contribution in [0.25, 0.3) is 5.65 Å². The molecule has 0 atom stereocenters. The van der Waals surface area contributed by atoms with Gasteiger partial charge in [-0.2, -0.15) is 0 Å². The highest BCUT2D eigenvalue weighted by Gasteiger charge is 2.20. The average molecular weight is 348 g/mol. The lowest BCUT2D eigenvalue weighted by Gasteiger charge is -2.10. The summed E-state index contributed by atoms with van der Waals surface area (Å²) in [6.07, 6.45) is 2.50. The summed E-state index contributed by atoms with van der Waals surface area (Å²) in [5.41, 5.74) is 3.48. The van der Waals surface area contributed by atoms with Crippen molar-refractivity contribution in [2.75, 3.05) is 5.32 Å². The van der Waals surface area contributed by atoms with Crippen molar-refractivity contribution in [1.82, 2.24) is 9.38 Å². The third-order valence-corrected chi connectivity index (χ3v) is 4.24. The minimum atomic E-state index is -0.284. The van der Waals surface area contributed by atoms with Crippen molar-refractivity contribution in [2.24, 2.45) is 0 Å². The second-order valence-corrected chi connectivity index (χ2v) is 6.06. The van der Waals surface area contributed by atoms with Crippen LogP contribution in [0.15, 0.2) is 36.5 Å². The van der Waals surface area contributed by atoms with Gasteiger partial charge in [0.2, 0.25) is 0 Å². The van der Waals surface area contributed by atoms with Crippen molar-refractivity contribution in [1.29, 1.82) is 0 Å². The van der Waals surface area contributed by atoms with Crippen molar-refractivity contribution in [3.8, 4) is 0 Å². The molecule has 0 unspecified atom stereocenters. The van der Waals surface area contributed by atoms with Gasteiger partial charge in [0, 0.05) is 6.20 Å². The summed E-state index contributed by atoms with van der Waals surface area (Å²) >= 11 is 12.3. The molecule has 0 aliphatic heterocycles. The number of nitrogens with zero attached hydrogens (tertiary/aromatic N) is 2. The van der Waals surface area contributed by atoms with Gasteiger partial charge in [0.05, 0.1) is 21.4 Å². The topological polar surface area (TPSA) is 46.4 Å². The molecule has 0 aliphatic carbocycles. The molecular weight excluding hydrogens is 333 g/mol. The van der Waals surface area contributed by atoms with Gasteiger partial charge < -0.3 is 5.32 Å². The number of amides is 1. The van der Waals surface area contributed by atoms with Crippen molar-refractivity contribution < 1.29 is 4.79 Å². The van der Waals surface area contributed by atoms with Crippen LogP contribution in [0.1, 0.15) is 28.7 Å². The Hall–Kier alpha value is -2.04. The van der Waals surface area contributed by atoms with Crippen molar-refractivity contribution in [3.05, 3.63) is 63.5 Å². The van der Waals surface area contributed by atoms with Gasteiger partial charge in [0.15, 0.2) is 0 Å². The van der Waals surface area contributed by atoms with Crippen LogP contribution in [0.2, 0.25) is 10.0 Å². The molecule has 0 radical (unpaired) electrons. The van der Waals surface area contributed by atoms with Gasteiger partial charge in [0.25, 0.3) is 5.91 Å². The SMILES string of the molecule is CCc1nc2cc(C)ccn2c1C(=O)Nc1c(Cl)cccc1Cl. The predicted molar refractivity (Wildman–Crippen MR) is 93.7 cm³/mol. The maximum absolute atomic E-state index is 12.8. The summed E-state index contributed by atoms with van der Waals surface area (Å²) in [5.74, 6) is -0.284. The lowest BCUT2D eigenvalue weighted by atomic mass is 10.2. The summed E-state index contributed by atoms with van der Waals surface area (Å²) in [7, 11) is 0. The van der Waals surface area contributed by atoms with Gasteiger partial charge in [-0.1, -0.05) is 36.2 Å². The second kappa shape index (κ2) is 6.22. The number of nitrogens with one attached hydrogen (secondary N) is 1. The van der Waals surface area contributed by atoms with Crippen LogP contribution in [0.3, 0.4) is 0 Å². The van der Waals surface area contributed by atoms with Gasteiger partial charge in [-0.3, -0.25) is 9.20 Å². The largest absolute Gasteiger partial charge is 0.318 e. The standard InChI is InChI=1S/C17H15Cl2N3O/c1-3-13-16(22-8-7-10(2)9-14(22)20-13)17(23)21-15-11(18)5-4-6-12(15)19/h4-9H,3H2,1-2H3,(H,21,23). The van der Waals surface area contributed by atoms with Crippen LogP contribution in [-0.2, 0) is 6.42 Å². The van der Waals surface area contributed by atoms with Crippen LogP contribution >= 0.6 is 23.2 Å². The number of pyridine rings is 1. The molecule has 0 saturated heterocycles. The Morgan fingerprint density at radius 2 is 1.96 bits per heavy atom. The molecule has 118 valence electrons. The van der Waals surface area contributed by atoms with E-state index in [0.29, 0.717) is 27.8 Å². The number of hydrogen-bond donors (Lipinski definition) is 1. The normalized spacial score (nSPS) is 11.0. The van der Waals surface area contributed by atoms with E-state index in [2.05, 4.69) is 10.3 Å². The molecule has 4 nitrogen and oxygen atoms in total. The highest BCUT2D eigenvalue weighted by Crippen LogP contribution is 2.30. The number of anilines is 1. The van der Waals surface area contributed by atoms with Gasteiger partial charge >= 0.3 is 0 Å². The number of imidazole rings is 1. The lowest BCUT2D eigenvalue weighted by Crippen LogP contribution is -2.16. The number of carbonyl (C=O) groups excluding carboxylic acids is 1. The fourth-order valence-corrected chi connectivity index (χ4v) is 2.96. The number of aromatic nitrogens is 2. The zero-order chi connectivity index (χ0) is 16.6. The van der Waals surface area contributed by atoms with E-state index in [1.807, 2.05) is 32.2 Å². The molecule has 1 N–H and O–H groups in total. The van der Waals surface area contributed by atoms with Crippen LogP contribution in [-0.4, -0.2) is 15.3 Å². The monoisotopic (exact) mass is 347 g/mol. The second-order valence-electron chi connectivity index (χ2n) is 5.24. The first-order valence-electron chi connectivity index (χ1n) is 7.24. The molecule has 0 spiro atoms. The highest BCUT2D eigenvalue weighted by atomic mass is 35.5. The number of rotatable bonds is 3. The zero-order valence-corrected chi connectivity index (χ0v) is 14.2. The van der Waals surface area contributed by atoms with Crippen LogP contribution < -0.4 is 5.32 Å². The minimum Gasteiger partial charge on any atom is -0.318 e. The molecule has 2 heterocycles. The first-order chi connectivity index (χ1) is 11.0. The van der Waals surface area contributed by atoms with E-state index >= 15 is 0 Å². The fraction of sp³-hybridized carbons (Fsp3) is 0.176. The molecule has 3 aromatic rings. The molecule has 0 saturated carbocycles. The van der Waals surface area contributed by atoms with Crippen LogP contribution in [0.4, 0.5) is 5.69 Å². The van der Waals surface area contributed by atoms with E-state index in [-0.39, 0.29) is 5.91 Å². The predicted octanol–water partition coefficient (Wildman–Crippen LogP) is 4.76. The van der Waals surface area contributed by atoms with Crippen molar-refractivity contribution in [2.45, 2.75) is 20.3 Å². The summed E-state index contributed by atoms with van der Waals surface area (Å²) in [6, 6.07) is 8.98. The van der Waals surface area contributed by atoms with Crippen molar-refractivity contribution in [3.63, 3.8) is 0 Å². The lowest BCUT2D eigenvalue weighted by molar-refractivity contribution is 0.102. The Labute approximate surface area is 144 Å². The summed E-state index contributed by atoms with van der Waals surface area (Å²) in [4.78, 5) is 17.3. The molecule has 6 heteroatoms. The molecule has 2 aromatic heterocycles. The van der Waals surface area contributed by atoms with Gasteiger partial charge in [-0.25, -0.2) is 4.98 Å². The van der Waals surface area contributed by atoms with Gasteiger partial charge in [0.1, 0.15) is 11.3 Å². The van der Waals surface area contributed by atoms with E-state index in [9.17, 15) is 4.79 Å². The van der Waals surface area contributed by atoms with Gasteiger partial charge in [-0.05, 0) is 43.2 Å². The average Bonchev–Trinajstić information content (AvgIpc) is 2.88. The molecular formula is C17H15Cl2N3O. The van der Waals surface area contributed by atoms with Crippen LogP contribution in [0.5, 0.6) is 0 Å². The first-order valence-corrected chi connectivity index (χ1v) is 7.99. The third-order valence-electron chi connectivity index (χ3n) is 3.61. The maximum Gasteiger partial charge on any atom is 0.274 e. The molecule has 23 heavy (non-hydrogen) atoms. The molecule has 0 bridgehead atoms. The number of fused-ring (bicyclic) bond motifs is 1. The number of benzene rings is 1. The van der Waals surface area contributed by atoms with Crippen LogP contribution in [0, 0.1) is 6.92 Å². The zero-order valence-electron chi connectivity index (χ0n) is 12.7. The first kappa shape index (κ1) is 15.8. The number of carbonyl (C=O) groups is 1. The molecule has 3 rings (SSSR count). The molecule has 0 aliphatic rings. The van der Waals surface area contributed by atoms with Crippen molar-refractivity contribution >= 4 is 40.4 Å². The Kier molecular flexibility index (Phi) is 4.28. The van der Waals surface area contributed by atoms with E-state index in [4.69, 9.17) is 23.2 Å². The van der Waals surface area contributed by atoms with E-state index in [0.717, 1.165) is 16.9 Å². The fourth-order valence-electron chi connectivity index (χ4n) is 2.47. The molecule has 0 fully saturated rings. The maximum atomic E-state index is 12.8. The van der Waals surface area contributed by atoms with Gasteiger partial charge in [-0.15, -0.1) is 0 Å². The highest BCUT2D eigenvalue weighted by molar-refractivity contribution is 6.40. The summed E-state index contributed by atoms with van der Waals surface area (Å²) in [6.45, 7) is 3.96. The molecule has 1 aromatic carbocycles. The Bertz CT molecular complexity index is 882. The number of para-hydroxylation sites is 1. The minimum absolute atomic E-state index is 0.284. The number of halogens is 2. The van der Waals surface area contributed by atoms with E-state index in [1.54, 1.807) is 22.6 Å².